The van der Waals surface area contributed by atoms with Gasteiger partial charge in [-0.15, -0.1) is 0 Å². The van der Waals surface area contributed by atoms with Gasteiger partial charge >= 0.3 is 0 Å². The molecule has 2 aromatic carbocycles. The Labute approximate surface area is 179 Å². The van der Waals surface area contributed by atoms with Crippen molar-refractivity contribution in [1.82, 2.24) is 10.0 Å². The Kier molecular flexibility index (Phi) is 7.94. The summed E-state index contributed by atoms with van der Waals surface area (Å²) in [5.41, 5.74) is 0.861. The van der Waals surface area contributed by atoms with Gasteiger partial charge in [-0.2, -0.15) is 0 Å². The van der Waals surface area contributed by atoms with E-state index in [9.17, 15) is 22.0 Å². The van der Waals surface area contributed by atoms with Gasteiger partial charge in [0.1, 0.15) is 12.4 Å². The van der Waals surface area contributed by atoms with Crippen molar-refractivity contribution in [1.29, 1.82) is 0 Å². The summed E-state index contributed by atoms with van der Waals surface area (Å²) >= 11 is 0. The molecule has 1 fully saturated rings. The molecular formula is C21H24F2N2O5S. The molecule has 0 radical (unpaired) electrons. The lowest BCUT2D eigenvalue weighted by Gasteiger charge is -2.12. The quantitative estimate of drug-likeness (QED) is 0.576. The molecule has 0 saturated carbocycles. The van der Waals surface area contributed by atoms with E-state index in [4.69, 9.17) is 9.47 Å². The van der Waals surface area contributed by atoms with Gasteiger partial charge in [0.15, 0.2) is 11.6 Å². The van der Waals surface area contributed by atoms with Crippen molar-refractivity contribution < 1.29 is 31.5 Å². The molecule has 1 heterocycles. The van der Waals surface area contributed by atoms with Crippen LogP contribution in [0.2, 0.25) is 0 Å². The van der Waals surface area contributed by atoms with E-state index in [1.807, 2.05) is 24.3 Å². The van der Waals surface area contributed by atoms with Crippen LogP contribution in [0.4, 0.5) is 8.78 Å². The maximum absolute atomic E-state index is 13.2. The number of rotatable bonds is 10. The average molecular weight is 454 g/mol. The number of hydrogen-bond donors (Lipinski definition) is 2. The normalized spacial score (nSPS) is 16.3. The third kappa shape index (κ3) is 6.98. The zero-order chi connectivity index (χ0) is 22.3. The number of benzene rings is 2. The molecule has 7 nitrogen and oxygen atoms in total. The van der Waals surface area contributed by atoms with Crippen LogP contribution in [-0.2, 0) is 26.1 Å². The van der Waals surface area contributed by atoms with E-state index >= 15 is 0 Å². The highest BCUT2D eigenvalue weighted by atomic mass is 32.2. The number of halogens is 2. The van der Waals surface area contributed by atoms with Gasteiger partial charge in [0, 0.05) is 26.1 Å². The van der Waals surface area contributed by atoms with Gasteiger partial charge in [-0.1, -0.05) is 12.1 Å². The van der Waals surface area contributed by atoms with Gasteiger partial charge in [-0.05, 0) is 48.7 Å². The summed E-state index contributed by atoms with van der Waals surface area (Å²) < 4.78 is 63.7. The third-order valence-corrected chi connectivity index (χ3v) is 6.18. The maximum atomic E-state index is 13.2. The Balaban J connectivity index is 1.38. The monoisotopic (exact) mass is 454 g/mol. The SMILES string of the molecule is O=C(CCNS(=O)(=O)c1ccc(F)c(F)c1)NCc1ccc(OCC2CCCO2)cc1. The summed E-state index contributed by atoms with van der Waals surface area (Å²) in [4.78, 5) is 11.6. The highest BCUT2D eigenvalue weighted by Crippen LogP contribution is 2.17. The second-order valence-corrected chi connectivity index (χ2v) is 8.86. The first kappa shape index (κ1) is 23.1. The van der Waals surface area contributed by atoms with Crippen LogP contribution in [0.25, 0.3) is 0 Å². The summed E-state index contributed by atoms with van der Waals surface area (Å²) in [6.45, 7) is 1.39. The predicted octanol–water partition coefficient (Wildman–Crippen LogP) is 2.51. The Hall–Kier alpha value is -2.56. The van der Waals surface area contributed by atoms with E-state index in [1.165, 1.54) is 0 Å². The molecular weight excluding hydrogens is 430 g/mol. The zero-order valence-corrected chi connectivity index (χ0v) is 17.6. The van der Waals surface area contributed by atoms with Gasteiger partial charge in [-0.3, -0.25) is 4.79 Å². The van der Waals surface area contributed by atoms with Crippen molar-refractivity contribution in [2.45, 2.75) is 36.8 Å². The lowest BCUT2D eigenvalue weighted by molar-refractivity contribution is -0.121. The molecule has 0 aliphatic carbocycles. The first-order chi connectivity index (χ1) is 14.8. The van der Waals surface area contributed by atoms with E-state index < -0.39 is 26.6 Å². The second kappa shape index (κ2) is 10.7. The minimum absolute atomic E-state index is 0.106. The van der Waals surface area contributed by atoms with Crippen molar-refractivity contribution >= 4 is 15.9 Å². The first-order valence-electron chi connectivity index (χ1n) is 9.88. The average Bonchev–Trinajstić information content (AvgIpc) is 3.27. The molecule has 10 heteroatoms. The molecule has 2 aromatic rings. The van der Waals surface area contributed by atoms with Crippen LogP contribution >= 0.6 is 0 Å². The highest BCUT2D eigenvalue weighted by molar-refractivity contribution is 7.89. The van der Waals surface area contributed by atoms with Crippen molar-refractivity contribution in [3.8, 4) is 5.75 Å². The van der Waals surface area contributed by atoms with Crippen molar-refractivity contribution in [3.05, 3.63) is 59.7 Å². The van der Waals surface area contributed by atoms with Gasteiger partial charge in [0.2, 0.25) is 15.9 Å². The molecule has 1 atom stereocenters. The van der Waals surface area contributed by atoms with E-state index in [0.717, 1.165) is 42.9 Å². The number of amides is 1. The van der Waals surface area contributed by atoms with E-state index in [1.54, 1.807) is 0 Å². The van der Waals surface area contributed by atoms with Crippen LogP contribution in [0.3, 0.4) is 0 Å². The van der Waals surface area contributed by atoms with Crippen LogP contribution in [0.5, 0.6) is 5.75 Å². The Morgan fingerprint density at radius 2 is 1.90 bits per heavy atom. The third-order valence-electron chi connectivity index (χ3n) is 4.72. The second-order valence-electron chi connectivity index (χ2n) is 7.09. The summed E-state index contributed by atoms with van der Waals surface area (Å²) in [5, 5.41) is 2.69. The van der Waals surface area contributed by atoms with Crippen LogP contribution in [0, 0.1) is 11.6 Å². The zero-order valence-electron chi connectivity index (χ0n) is 16.8. The molecule has 31 heavy (non-hydrogen) atoms. The van der Waals surface area contributed by atoms with Crippen LogP contribution in [0.15, 0.2) is 47.4 Å². The van der Waals surface area contributed by atoms with Gasteiger partial charge < -0.3 is 14.8 Å². The van der Waals surface area contributed by atoms with E-state index in [-0.39, 0.29) is 31.5 Å². The highest BCUT2D eigenvalue weighted by Gasteiger charge is 2.17. The molecule has 1 amide bonds. The fraction of sp³-hybridized carbons (Fsp3) is 0.381. The fourth-order valence-electron chi connectivity index (χ4n) is 2.98. The molecule has 168 valence electrons. The van der Waals surface area contributed by atoms with Crippen LogP contribution < -0.4 is 14.8 Å². The smallest absolute Gasteiger partial charge is 0.240 e. The molecule has 0 bridgehead atoms. The van der Waals surface area contributed by atoms with Gasteiger partial charge in [-0.25, -0.2) is 21.9 Å². The van der Waals surface area contributed by atoms with Gasteiger partial charge in [0.25, 0.3) is 0 Å². The molecule has 1 unspecified atom stereocenters. The van der Waals surface area contributed by atoms with E-state index in [2.05, 4.69) is 10.0 Å². The van der Waals surface area contributed by atoms with Gasteiger partial charge in [0.05, 0.1) is 11.0 Å². The number of sulfonamides is 1. The molecule has 0 spiro atoms. The van der Waals surface area contributed by atoms with E-state index in [0.29, 0.717) is 12.7 Å². The Bertz CT molecular complexity index is 993. The first-order valence-corrected chi connectivity index (χ1v) is 11.4. The molecule has 0 aromatic heterocycles. The summed E-state index contributed by atoms with van der Waals surface area (Å²) in [7, 11) is -4.04. The van der Waals surface area contributed by atoms with Crippen molar-refractivity contribution in [2.75, 3.05) is 19.8 Å². The molecule has 1 aliphatic rings. The molecule has 2 N–H and O–H groups in total. The van der Waals surface area contributed by atoms with Crippen molar-refractivity contribution in [2.24, 2.45) is 0 Å². The number of carbonyl (C=O) groups excluding carboxylic acids is 1. The number of hydrogen-bond acceptors (Lipinski definition) is 5. The predicted molar refractivity (Wildman–Crippen MR) is 109 cm³/mol. The number of nitrogens with one attached hydrogen (secondary N) is 2. The molecule has 3 rings (SSSR count). The summed E-state index contributed by atoms with van der Waals surface area (Å²) in [5.74, 6) is -2.03. The largest absolute Gasteiger partial charge is 0.491 e. The maximum Gasteiger partial charge on any atom is 0.240 e. The lowest BCUT2D eigenvalue weighted by atomic mass is 10.2. The number of carbonyl (C=O) groups is 1. The van der Waals surface area contributed by atoms with Crippen LogP contribution in [0.1, 0.15) is 24.8 Å². The number of ether oxygens (including phenoxy) is 2. The minimum atomic E-state index is -4.04. The summed E-state index contributed by atoms with van der Waals surface area (Å²) in [6, 6.07) is 9.56. The van der Waals surface area contributed by atoms with Crippen LogP contribution in [-0.4, -0.2) is 40.2 Å². The Morgan fingerprint density at radius 3 is 2.58 bits per heavy atom. The fourth-order valence-corrected chi connectivity index (χ4v) is 4.03. The molecule has 1 saturated heterocycles. The Morgan fingerprint density at radius 1 is 1.13 bits per heavy atom. The summed E-state index contributed by atoms with van der Waals surface area (Å²) in [6.07, 6.45) is 2.09. The van der Waals surface area contributed by atoms with Crippen molar-refractivity contribution in [3.63, 3.8) is 0 Å². The topological polar surface area (TPSA) is 93.7 Å². The molecule has 1 aliphatic heterocycles. The lowest BCUT2D eigenvalue weighted by Crippen LogP contribution is -2.30. The minimum Gasteiger partial charge on any atom is -0.491 e. The standard InChI is InChI=1S/C21H24F2N2O5S/c22-19-8-7-18(12-20(19)23)31(27,28)25-10-9-21(26)24-13-15-3-5-16(6-4-15)30-14-17-2-1-11-29-17/h3-8,12,17,25H,1-2,9-11,13-14H2,(H,24,26).